The average Bonchev–Trinajstić information content (AvgIpc) is 2.73. The van der Waals surface area contributed by atoms with E-state index in [9.17, 15) is 19.7 Å². The number of nitrogens with one attached hydrogen (secondary N) is 1. The lowest BCUT2D eigenvalue weighted by atomic mass is 10.1. The summed E-state index contributed by atoms with van der Waals surface area (Å²) in [6, 6.07) is 4.25. The molecule has 0 spiro atoms. The molecule has 1 aromatic carbocycles. The minimum atomic E-state index is -0.859. The number of amides is 1. The van der Waals surface area contributed by atoms with E-state index in [0.717, 1.165) is 0 Å². The standard InChI is InChI=1S/C15H16N4O4/c1-8-5-6-11(7-12(8)19(22)23)16-15(21)14(20)13-9(2)17-18(4)10(13)3/h5-7H,1-4H3,(H,16,21). The number of rotatable bonds is 4. The number of nitro groups is 1. The van der Waals surface area contributed by atoms with Gasteiger partial charge < -0.3 is 5.32 Å². The van der Waals surface area contributed by atoms with Gasteiger partial charge in [-0.05, 0) is 26.8 Å². The van der Waals surface area contributed by atoms with Crippen molar-refractivity contribution in [2.24, 2.45) is 7.05 Å². The summed E-state index contributed by atoms with van der Waals surface area (Å²) in [6.45, 7) is 4.93. The number of carbonyl (C=O) groups excluding carboxylic acids is 2. The van der Waals surface area contributed by atoms with Crippen molar-refractivity contribution in [2.75, 3.05) is 5.32 Å². The zero-order chi connectivity index (χ0) is 17.3. The van der Waals surface area contributed by atoms with E-state index < -0.39 is 16.6 Å². The number of ketones is 1. The fraction of sp³-hybridized carbons (Fsp3) is 0.267. The van der Waals surface area contributed by atoms with Crippen molar-refractivity contribution in [3.63, 3.8) is 0 Å². The van der Waals surface area contributed by atoms with Gasteiger partial charge in [-0.2, -0.15) is 5.10 Å². The number of nitrogens with zero attached hydrogens (tertiary/aromatic N) is 3. The van der Waals surface area contributed by atoms with Gasteiger partial charge in [0.1, 0.15) is 0 Å². The number of hydrogen-bond donors (Lipinski definition) is 1. The van der Waals surface area contributed by atoms with Crippen molar-refractivity contribution >= 4 is 23.1 Å². The summed E-state index contributed by atoms with van der Waals surface area (Å²) >= 11 is 0. The number of carbonyl (C=O) groups is 2. The van der Waals surface area contributed by atoms with Crippen molar-refractivity contribution in [2.45, 2.75) is 20.8 Å². The van der Waals surface area contributed by atoms with E-state index in [2.05, 4.69) is 10.4 Å². The molecule has 0 fully saturated rings. The van der Waals surface area contributed by atoms with Crippen molar-refractivity contribution in [3.8, 4) is 0 Å². The summed E-state index contributed by atoms with van der Waals surface area (Å²) in [6.07, 6.45) is 0. The van der Waals surface area contributed by atoms with Gasteiger partial charge in [-0.25, -0.2) is 0 Å². The lowest BCUT2D eigenvalue weighted by Crippen LogP contribution is -2.24. The highest BCUT2D eigenvalue weighted by atomic mass is 16.6. The number of anilines is 1. The Morgan fingerprint density at radius 1 is 1.26 bits per heavy atom. The van der Waals surface area contributed by atoms with Crippen LogP contribution in [0.4, 0.5) is 11.4 Å². The second-order valence-corrected chi connectivity index (χ2v) is 5.21. The number of Topliss-reactive ketones (excluding diaryl/α,β-unsaturated/α-hetero) is 1. The van der Waals surface area contributed by atoms with Crippen LogP contribution in [0.15, 0.2) is 18.2 Å². The smallest absolute Gasteiger partial charge is 0.296 e. The number of aromatic nitrogens is 2. The van der Waals surface area contributed by atoms with Gasteiger partial charge in [0.05, 0.1) is 16.2 Å². The number of aryl methyl sites for hydroxylation is 3. The summed E-state index contributed by atoms with van der Waals surface area (Å²) < 4.78 is 1.52. The maximum atomic E-state index is 12.3. The molecule has 0 saturated carbocycles. The molecule has 0 aliphatic heterocycles. The SMILES string of the molecule is Cc1ccc(NC(=O)C(=O)c2c(C)nn(C)c2C)cc1[N+](=O)[O-]. The van der Waals surface area contributed by atoms with Gasteiger partial charge in [-0.1, -0.05) is 6.07 Å². The Balaban J connectivity index is 2.27. The number of nitro benzene ring substituents is 1. The van der Waals surface area contributed by atoms with Gasteiger partial charge in [-0.3, -0.25) is 24.4 Å². The topological polar surface area (TPSA) is 107 Å². The van der Waals surface area contributed by atoms with Crippen molar-refractivity contribution in [1.82, 2.24) is 9.78 Å². The maximum Gasteiger partial charge on any atom is 0.296 e. The highest BCUT2D eigenvalue weighted by Gasteiger charge is 2.24. The van der Waals surface area contributed by atoms with Gasteiger partial charge in [0.2, 0.25) is 0 Å². The molecule has 0 saturated heterocycles. The Hall–Kier alpha value is -3.03. The molecule has 0 atom stereocenters. The third kappa shape index (κ3) is 3.10. The van der Waals surface area contributed by atoms with Crippen LogP contribution in [0.5, 0.6) is 0 Å². The van der Waals surface area contributed by atoms with Gasteiger partial charge in [0, 0.05) is 30.1 Å². The van der Waals surface area contributed by atoms with Crippen molar-refractivity contribution < 1.29 is 14.5 Å². The molecular formula is C15H16N4O4. The molecule has 2 aromatic rings. The van der Waals surface area contributed by atoms with Crippen LogP contribution in [0.2, 0.25) is 0 Å². The van der Waals surface area contributed by atoms with Gasteiger partial charge in [0.25, 0.3) is 17.4 Å². The largest absolute Gasteiger partial charge is 0.319 e. The molecule has 120 valence electrons. The number of hydrogen-bond acceptors (Lipinski definition) is 5. The lowest BCUT2D eigenvalue weighted by molar-refractivity contribution is -0.385. The predicted molar refractivity (Wildman–Crippen MR) is 83.5 cm³/mol. The summed E-state index contributed by atoms with van der Waals surface area (Å²) in [4.78, 5) is 34.8. The van der Waals surface area contributed by atoms with Crippen LogP contribution in [0.25, 0.3) is 0 Å². The minimum absolute atomic E-state index is 0.121. The molecule has 8 nitrogen and oxygen atoms in total. The van der Waals surface area contributed by atoms with E-state index in [1.807, 2.05) is 0 Å². The fourth-order valence-electron chi connectivity index (χ4n) is 2.29. The third-order valence-corrected chi connectivity index (χ3v) is 3.61. The second-order valence-electron chi connectivity index (χ2n) is 5.21. The quantitative estimate of drug-likeness (QED) is 0.402. The molecule has 1 heterocycles. The summed E-state index contributed by atoms with van der Waals surface area (Å²) in [5.41, 5.74) is 1.83. The first kappa shape index (κ1) is 16.3. The first-order valence-corrected chi connectivity index (χ1v) is 6.83. The Kier molecular flexibility index (Phi) is 4.26. The molecule has 0 bridgehead atoms. The highest BCUT2D eigenvalue weighted by molar-refractivity contribution is 6.47. The van der Waals surface area contributed by atoms with E-state index in [1.54, 1.807) is 27.8 Å². The van der Waals surface area contributed by atoms with E-state index in [-0.39, 0.29) is 16.9 Å². The van der Waals surface area contributed by atoms with Crippen LogP contribution < -0.4 is 5.32 Å². The summed E-state index contributed by atoms with van der Waals surface area (Å²) in [5, 5.41) is 17.4. The molecular weight excluding hydrogens is 300 g/mol. The van der Waals surface area contributed by atoms with Crippen LogP contribution in [-0.2, 0) is 11.8 Å². The first-order chi connectivity index (χ1) is 10.7. The van der Waals surface area contributed by atoms with E-state index in [0.29, 0.717) is 17.0 Å². The zero-order valence-corrected chi connectivity index (χ0v) is 13.2. The predicted octanol–water partition coefficient (Wildman–Crippen LogP) is 2.07. The normalized spacial score (nSPS) is 10.4. The highest BCUT2D eigenvalue weighted by Crippen LogP contribution is 2.22. The molecule has 1 amide bonds. The van der Waals surface area contributed by atoms with Crippen molar-refractivity contribution in [3.05, 3.63) is 50.8 Å². The molecule has 8 heteroatoms. The Bertz CT molecular complexity index is 823. The van der Waals surface area contributed by atoms with E-state index in [1.165, 1.54) is 22.9 Å². The summed E-state index contributed by atoms with van der Waals surface area (Å²) in [5.74, 6) is -1.58. The van der Waals surface area contributed by atoms with E-state index >= 15 is 0 Å². The molecule has 23 heavy (non-hydrogen) atoms. The average molecular weight is 316 g/mol. The fourth-order valence-corrected chi connectivity index (χ4v) is 2.29. The monoisotopic (exact) mass is 316 g/mol. The van der Waals surface area contributed by atoms with Crippen LogP contribution in [0.1, 0.15) is 27.3 Å². The molecule has 1 aromatic heterocycles. The third-order valence-electron chi connectivity index (χ3n) is 3.61. The second kappa shape index (κ2) is 5.99. The number of benzene rings is 1. The van der Waals surface area contributed by atoms with Gasteiger partial charge in [-0.15, -0.1) is 0 Å². The van der Waals surface area contributed by atoms with Crippen LogP contribution in [-0.4, -0.2) is 26.4 Å². The van der Waals surface area contributed by atoms with Gasteiger partial charge >= 0.3 is 0 Å². The Labute approximate surface area is 132 Å². The Morgan fingerprint density at radius 2 is 1.91 bits per heavy atom. The van der Waals surface area contributed by atoms with Crippen LogP contribution >= 0.6 is 0 Å². The summed E-state index contributed by atoms with van der Waals surface area (Å²) in [7, 11) is 1.68. The molecule has 0 aliphatic carbocycles. The zero-order valence-electron chi connectivity index (χ0n) is 13.2. The van der Waals surface area contributed by atoms with Crippen molar-refractivity contribution in [1.29, 1.82) is 0 Å². The molecule has 0 radical (unpaired) electrons. The first-order valence-electron chi connectivity index (χ1n) is 6.83. The van der Waals surface area contributed by atoms with Crippen LogP contribution in [0, 0.1) is 30.9 Å². The van der Waals surface area contributed by atoms with E-state index in [4.69, 9.17) is 0 Å². The van der Waals surface area contributed by atoms with Gasteiger partial charge in [0.15, 0.2) is 0 Å². The molecule has 2 rings (SSSR count). The van der Waals surface area contributed by atoms with Crippen LogP contribution in [0.3, 0.4) is 0 Å². The molecule has 0 aliphatic rings. The molecule has 0 unspecified atom stereocenters. The molecule has 1 N–H and O–H groups in total. The Morgan fingerprint density at radius 3 is 2.43 bits per heavy atom. The lowest BCUT2D eigenvalue weighted by Gasteiger charge is -2.06. The maximum absolute atomic E-state index is 12.3. The minimum Gasteiger partial charge on any atom is -0.319 e.